The molecule has 0 aromatic carbocycles. The van der Waals surface area contributed by atoms with Crippen molar-refractivity contribution in [3.63, 3.8) is 0 Å². The molecule has 0 aromatic heterocycles. The van der Waals surface area contributed by atoms with Crippen molar-refractivity contribution in [1.82, 2.24) is 5.32 Å². The van der Waals surface area contributed by atoms with Gasteiger partial charge in [-0.25, -0.2) is 0 Å². The van der Waals surface area contributed by atoms with Gasteiger partial charge in [0, 0.05) is 13.2 Å². The molecule has 0 aliphatic rings. The Labute approximate surface area is 83.1 Å². The van der Waals surface area contributed by atoms with E-state index in [1.54, 1.807) is 0 Å². The smallest absolute Gasteiger partial charge is 0.0590 e. The van der Waals surface area contributed by atoms with Gasteiger partial charge in [0.05, 0.1) is 6.61 Å². The van der Waals surface area contributed by atoms with Crippen molar-refractivity contribution in [2.45, 2.75) is 40.0 Å². The monoisotopic (exact) mass is 187 g/mol. The van der Waals surface area contributed by atoms with Gasteiger partial charge in [-0.15, -0.1) is 0 Å². The van der Waals surface area contributed by atoms with E-state index in [-0.39, 0.29) is 0 Å². The van der Waals surface area contributed by atoms with E-state index >= 15 is 0 Å². The molecule has 0 amide bonds. The SMILES string of the molecule is CCCC(CC)CNCCOCC. The molecule has 1 N–H and O–H groups in total. The minimum atomic E-state index is 0.827. The Kier molecular flexibility index (Phi) is 9.94. The Morgan fingerprint density at radius 3 is 2.54 bits per heavy atom. The van der Waals surface area contributed by atoms with Gasteiger partial charge in [0.2, 0.25) is 0 Å². The van der Waals surface area contributed by atoms with Gasteiger partial charge in [0.25, 0.3) is 0 Å². The first-order chi connectivity index (χ1) is 6.35. The summed E-state index contributed by atoms with van der Waals surface area (Å²) in [5.41, 5.74) is 0. The predicted octanol–water partition coefficient (Wildman–Crippen LogP) is 2.44. The van der Waals surface area contributed by atoms with Crippen LogP contribution >= 0.6 is 0 Å². The summed E-state index contributed by atoms with van der Waals surface area (Å²) in [6.45, 7) is 10.4. The molecule has 0 aliphatic heterocycles. The van der Waals surface area contributed by atoms with Crippen LogP contribution < -0.4 is 5.32 Å². The molecule has 13 heavy (non-hydrogen) atoms. The summed E-state index contributed by atoms with van der Waals surface area (Å²) >= 11 is 0. The van der Waals surface area contributed by atoms with Crippen molar-refractivity contribution in [3.8, 4) is 0 Å². The Balaban J connectivity index is 3.17. The molecule has 0 radical (unpaired) electrons. The standard InChI is InChI=1S/C11H25NO/c1-4-7-11(5-2)10-12-8-9-13-6-3/h11-12H,4-10H2,1-3H3. The Morgan fingerprint density at radius 2 is 2.00 bits per heavy atom. The average molecular weight is 187 g/mol. The van der Waals surface area contributed by atoms with Crippen LogP contribution in [0.3, 0.4) is 0 Å². The van der Waals surface area contributed by atoms with Gasteiger partial charge in [-0.1, -0.05) is 26.7 Å². The van der Waals surface area contributed by atoms with Crippen LogP contribution in [0.1, 0.15) is 40.0 Å². The highest BCUT2D eigenvalue weighted by Crippen LogP contribution is 2.08. The summed E-state index contributed by atoms with van der Waals surface area (Å²) in [4.78, 5) is 0. The number of ether oxygens (including phenoxy) is 1. The number of hydrogen-bond donors (Lipinski definition) is 1. The average Bonchev–Trinajstić information content (AvgIpc) is 2.16. The highest BCUT2D eigenvalue weighted by Gasteiger charge is 2.03. The summed E-state index contributed by atoms with van der Waals surface area (Å²) in [5.74, 6) is 0.853. The summed E-state index contributed by atoms with van der Waals surface area (Å²) in [6.07, 6.45) is 3.93. The molecule has 0 fully saturated rings. The molecule has 0 bridgehead atoms. The maximum Gasteiger partial charge on any atom is 0.0590 e. The molecule has 0 spiro atoms. The minimum absolute atomic E-state index is 0.827. The van der Waals surface area contributed by atoms with Gasteiger partial charge in [-0.05, 0) is 25.8 Å². The van der Waals surface area contributed by atoms with Crippen LogP contribution in [0.15, 0.2) is 0 Å². The molecule has 0 aliphatic carbocycles. The topological polar surface area (TPSA) is 21.3 Å². The number of rotatable bonds is 9. The third-order valence-electron chi connectivity index (χ3n) is 2.33. The van der Waals surface area contributed by atoms with E-state index in [2.05, 4.69) is 19.2 Å². The second-order valence-corrected chi connectivity index (χ2v) is 3.46. The minimum Gasteiger partial charge on any atom is -0.380 e. The van der Waals surface area contributed by atoms with Crippen LogP contribution in [-0.4, -0.2) is 26.3 Å². The van der Waals surface area contributed by atoms with E-state index in [1.165, 1.54) is 19.3 Å². The van der Waals surface area contributed by atoms with Crippen LogP contribution in [0, 0.1) is 5.92 Å². The fourth-order valence-electron chi connectivity index (χ4n) is 1.45. The maximum atomic E-state index is 5.25. The highest BCUT2D eigenvalue weighted by atomic mass is 16.5. The Morgan fingerprint density at radius 1 is 1.23 bits per heavy atom. The normalized spacial score (nSPS) is 13.2. The Hall–Kier alpha value is -0.0800. The first-order valence-corrected chi connectivity index (χ1v) is 5.63. The molecule has 0 aromatic rings. The quantitative estimate of drug-likeness (QED) is 0.560. The van der Waals surface area contributed by atoms with Crippen LogP contribution in [0.4, 0.5) is 0 Å². The van der Waals surface area contributed by atoms with Gasteiger partial charge in [-0.2, -0.15) is 0 Å². The lowest BCUT2D eigenvalue weighted by Crippen LogP contribution is -2.26. The van der Waals surface area contributed by atoms with E-state index in [4.69, 9.17) is 4.74 Å². The van der Waals surface area contributed by atoms with Gasteiger partial charge < -0.3 is 10.1 Å². The third-order valence-corrected chi connectivity index (χ3v) is 2.33. The fraction of sp³-hybridized carbons (Fsp3) is 1.00. The molecule has 80 valence electrons. The van der Waals surface area contributed by atoms with Crippen molar-refractivity contribution < 1.29 is 4.74 Å². The zero-order chi connectivity index (χ0) is 9.94. The van der Waals surface area contributed by atoms with Crippen molar-refractivity contribution in [2.24, 2.45) is 5.92 Å². The predicted molar refractivity (Wildman–Crippen MR) is 58.1 cm³/mol. The summed E-state index contributed by atoms with van der Waals surface area (Å²) in [5, 5.41) is 3.43. The number of nitrogens with one attached hydrogen (secondary N) is 1. The summed E-state index contributed by atoms with van der Waals surface area (Å²) in [6, 6.07) is 0. The molecule has 2 nitrogen and oxygen atoms in total. The first kappa shape index (κ1) is 12.9. The van der Waals surface area contributed by atoms with Crippen LogP contribution in [0.25, 0.3) is 0 Å². The van der Waals surface area contributed by atoms with Crippen LogP contribution in [0.2, 0.25) is 0 Å². The first-order valence-electron chi connectivity index (χ1n) is 5.63. The molecule has 0 saturated carbocycles. The molecular formula is C11H25NO. The molecule has 0 heterocycles. The van der Waals surface area contributed by atoms with Gasteiger partial charge in [0.15, 0.2) is 0 Å². The second-order valence-electron chi connectivity index (χ2n) is 3.46. The van der Waals surface area contributed by atoms with E-state index in [9.17, 15) is 0 Å². The van der Waals surface area contributed by atoms with Gasteiger partial charge >= 0.3 is 0 Å². The van der Waals surface area contributed by atoms with E-state index in [1.807, 2.05) is 6.92 Å². The summed E-state index contributed by atoms with van der Waals surface area (Å²) in [7, 11) is 0. The molecule has 0 rings (SSSR count). The Bertz CT molecular complexity index is 96.1. The van der Waals surface area contributed by atoms with Crippen LogP contribution in [0.5, 0.6) is 0 Å². The third kappa shape index (κ3) is 8.26. The lowest BCUT2D eigenvalue weighted by Gasteiger charge is -2.14. The van der Waals surface area contributed by atoms with Crippen molar-refractivity contribution in [3.05, 3.63) is 0 Å². The highest BCUT2D eigenvalue weighted by molar-refractivity contribution is 4.59. The van der Waals surface area contributed by atoms with Crippen molar-refractivity contribution in [1.29, 1.82) is 0 Å². The van der Waals surface area contributed by atoms with Gasteiger partial charge in [0.1, 0.15) is 0 Å². The molecule has 0 saturated heterocycles. The largest absolute Gasteiger partial charge is 0.380 e. The van der Waals surface area contributed by atoms with E-state index < -0.39 is 0 Å². The zero-order valence-electron chi connectivity index (χ0n) is 9.44. The zero-order valence-corrected chi connectivity index (χ0v) is 9.44. The van der Waals surface area contributed by atoms with E-state index in [0.29, 0.717) is 0 Å². The maximum absolute atomic E-state index is 5.25. The fourth-order valence-corrected chi connectivity index (χ4v) is 1.45. The molecule has 2 heteroatoms. The molecule has 1 atom stereocenters. The summed E-state index contributed by atoms with van der Waals surface area (Å²) < 4.78 is 5.25. The lowest BCUT2D eigenvalue weighted by atomic mass is 10.0. The van der Waals surface area contributed by atoms with Crippen molar-refractivity contribution in [2.75, 3.05) is 26.3 Å². The van der Waals surface area contributed by atoms with Crippen molar-refractivity contribution >= 4 is 0 Å². The lowest BCUT2D eigenvalue weighted by molar-refractivity contribution is 0.148. The second kappa shape index (κ2) is 10.0. The molecule has 1 unspecified atom stereocenters. The van der Waals surface area contributed by atoms with E-state index in [0.717, 1.165) is 32.2 Å². The number of hydrogen-bond acceptors (Lipinski definition) is 2. The molecular weight excluding hydrogens is 162 g/mol. The van der Waals surface area contributed by atoms with Crippen LogP contribution in [-0.2, 0) is 4.74 Å². The van der Waals surface area contributed by atoms with Gasteiger partial charge in [-0.3, -0.25) is 0 Å².